The second kappa shape index (κ2) is 2.40. The van der Waals surface area contributed by atoms with Crippen LogP contribution in [0.15, 0.2) is 18.3 Å². The molecule has 0 spiro atoms. The van der Waals surface area contributed by atoms with Gasteiger partial charge in [0.2, 0.25) is 0 Å². The first-order valence-corrected chi connectivity index (χ1v) is 4.46. The van der Waals surface area contributed by atoms with Crippen molar-refractivity contribution < 1.29 is 0 Å². The fourth-order valence-corrected chi connectivity index (χ4v) is 1.60. The van der Waals surface area contributed by atoms with Crippen molar-refractivity contribution in [2.75, 3.05) is 0 Å². The van der Waals surface area contributed by atoms with Gasteiger partial charge in [0, 0.05) is 17.9 Å². The molecule has 1 heterocycles. The molecule has 1 heteroatoms. The van der Waals surface area contributed by atoms with E-state index in [-0.39, 0.29) is 0 Å². The van der Waals surface area contributed by atoms with E-state index >= 15 is 0 Å². The Morgan fingerprint density at radius 3 is 2.73 bits per heavy atom. The third-order valence-corrected chi connectivity index (χ3v) is 2.36. The molecule has 11 heavy (non-hydrogen) atoms. The molecule has 1 nitrogen and oxygen atoms in total. The lowest BCUT2D eigenvalue weighted by atomic mass is 10.3. The third-order valence-electron chi connectivity index (χ3n) is 2.36. The van der Waals surface area contributed by atoms with E-state index in [0.29, 0.717) is 6.04 Å². The molecule has 0 atom stereocenters. The van der Waals surface area contributed by atoms with Crippen LogP contribution in [0.3, 0.4) is 0 Å². The van der Waals surface area contributed by atoms with Crippen LogP contribution in [0.2, 0.25) is 0 Å². The van der Waals surface area contributed by atoms with Gasteiger partial charge in [-0.15, -0.1) is 0 Å². The summed E-state index contributed by atoms with van der Waals surface area (Å²) in [4.78, 5) is 0. The topological polar surface area (TPSA) is 4.93 Å². The van der Waals surface area contributed by atoms with Crippen LogP contribution >= 0.6 is 0 Å². The lowest BCUT2D eigenvalue weighted by Gasteiger charge is -2.11. The Morgan fingerprint density at radius 2 is 2.18 bits per heavy atom. The van der Waals surface area contributed by atoms with Crippen molar-refractivity contribution >= 4 is 0 Å². The SMILES string of the molecule is CC(C)n1cccc1C1CC1. The van der Waals surface area contributed by atoms with Gasteiger partial charge in [0.15, 0.2) is 0 Å². The molecule has 0 bridgehead atoms. The van der Waals surface area contributed by atoms with Gasteiger partial charge < -0.3 is 4.57 Å². The molecule has 0 saturated heterocycles. The molecule has 1 aromatic rings. The number of hydrogen-bond donors (Lipinski definition) is 0. The van der Waals surface area contributed by atoms with Gasteiger partial charge in [0.05, 0.1) is 0 Å². The minimum atomic E-state index is 0.626. The van der Waals surface area contributed by atoms with Crippen LogP contribution in [0.25, 0.3) is 0 Å². The average molecular weight is 149 g/mol. The van der Waals surface area contributed by atoms with E-state index in [2.05, 4.69) is 36.7 Å². The van der Waals surface area contributed by atoms with Crippen LogP contribution < -0.4 is 0 Å². The van der Waals surface area contributed by atoms with Crippen LogP contribution in [0, 0.1) is 0 Å². The molecular weight excluding hydrogens is 134 g/mol. The zero-order valence-corrected chi connectivity index (χ0v) is 7.25. The fraction of sp³-hybridized carbons (Fsp3) is 0.600. The number of rotatable bonds is 2. The fourth-order valence-electron chi connectivity index (χ4n) is 1.60. The van der Waals surface area contributed by atoms with E-state index in [0.717, 1.165) is 5.92 Å². The van der Waals surface area contributed by atoms with E-state index < -0.39 is 0 Å². The highest BCUT2D eigenvalue weighted by molar-refractivity contribution is 5.18. The summed E-state index contributed by atoms with van der Waals surface area (Å²) in [5, 5.41) is 0. The van der Waals surface area contributed by atoms with Crippen LogP contribution in [0.4, 0.5) is 0 Å². The first-order valence-electron chi connectivity index (χ1n) is 4.46. The van der Waals surface area contributed by atoms with Gasteiger partial charge in [0.25, 0.3) is 0 Å². The Labute approximate surface area is 68.0 Å². The van der Waals surface area contributed by atoms with E-state index in [4.69, 9.17) is 0 Å². The summed E-state index contributed by atoms with van der Waals surface area (Å²) in [6, 6.07) is 5.05. The number of aromatic nitrogens is 1. The first kappa shape index (κ1) is 6.96. The highest BCUT2D eigenvalue weighted by Crippen LogP contribution is 2.40. The van der Waals surface area contributed by atoms with Crippen molar-refractivity contribution in [1.29, 1.82) is 0 Å². The molecule has 0 radical (unpaired) electrons. The second-order valence-corrected chi connectivity index (χ2v) is 3.71. The molecule has 1 aliphatic rings. The number of nitrogens with zero attached hydrogens (tertiary/aromatic N) is 1. The van der Waals surface area contributed by atoms with E-state index in [1.807, 2.05) is 0 Å². The molecule has 1 saturated carbocycles. The maximum absolute atomic E-state index is 2.39. The summed E-state index contributed by atoms with van der Waals surface area (Å²) in [5.74, 6) is 0.882. The van der Waals surface area contributed by atoms with Gasteiger partial charge in [-0.1, -0.05) is 0 Å². The molecule has 1 aliphatic carbocycles. The van der Waals surface area contributed by atoms with Crippen molar-refractivity contribution in [3.63, 3.8) is 0 Å². The van der Waals surface area contributed by atoms with Gasteiger partial charge in [-0.05, 0) is 44.7 Å². The Kier molecular flexibility index (Phi) is 1.52. The minimum Gasteiger partial charge on any atom is -0.349 e. The quantitative estimate of drug-likeness (QED) is 0.609. The molecule has 60 valence electrons. The molecule has 1 aromatic heterocycles. The second-order valence-electron chi connectivity index (χ2n) is 3.71. The van der Waals surface area contributed by atoms with E-state index in [9.17, 15) is 0 Å². The van der Waals surface area contributed by atoms with Crippen molar-refractivity contribution in [3.05, 3.63) is 24.0 Å². The lowest BCUT2D eigenvalue weighted by molar-refractivity contribution is 0.577. The summed E-state index contributed by atoms with van der Waals surface area (Å²) in [6.45, 7) is 4.48. The van der Waals surface area contributed by atoms with Crippen LogP contribution in [0.1, 0.15) is 44.3 Å². The van der Waals surface area contributed by atoms with Gasteiger partial charge in [0.1, 0.15) is 0 Å². The number of hydrogen-bond acceptors (Lipinski definition) is 0. The van der Waals surface area contributed by atoms with Gasteiger partial charge in [-0.3, -0.25) is 0 Å². The van der Waals surface area contributed by atoms with Crippen molar-refractivity contribution in [3.8, 4) is 0 Å². The monoisotopic (exact) mass is 149 g/mol. The average Bonchev–Trinajstić information content (AvgIpc) is 2.68. The van der Waals surface area contributed by atoms with Crippen molar-refractivity contribution in [1.82, 2.24) is 4.57 Å². The molecule has 2 rings (SSSR count). The van der Waals surface area contributed by atoms with Crippen LogP contribution in [-0.2, 0) is 0 Å². The van der Waals surface area contributed by atoms with Crippen LogP contribution in [-0.4, -0.2) is 4.57 Å². The van der Waals surface area contributed by atoms with Gasteiger partial charge in [-0.25, -0.2) is 0 Å². The summed E-state index contributed by atoms with van der Waals surface area (Å²) in [6.07, 6.45) is 4.99. The van der Waals surface area contributed by atoms with Gasteiger partial charge >= 0.3 is 0 Å². The predicted molar refractivity (Wildman–Crippen MR) is 46.8 cm³/mol. The molecule has 0 N–H and O–H groups in total. The van der Waals surface area contributed by atoms with E-state index in [1.54, 1.807) is 5.69 Å². The highest BCUT2D eigenvalue weighted by Gasteiger charge is 2.26. The van der Waals surface area contributed by atoms with E-state index in [1.165, 1.54) is 12.8 Å². The van der Waals surface area contributed by atoms with Crippen LogP contribution in [0.5, 0.6) is 0 Å². The largest absolute Gasteiger partial charge is 0.349 e. The van der Waals surface area contributed by atoms with Crippen molar-refractivity contribution in [2.24, 2.45) is 0 Å². The molecular formula is C10H15N. The van der Waals surface area contributed by atoms with Gasteiger partial charge in [-0.2, -0.15) is 0 Å². The highest BCUT2D eigenvalue weighted by atomic mass is 15.0. The summed E-state index contributed by atoms with van der Waals surface area (Å²) in [7, 11) is 0. The predicted octanol–water partition coefficient (Wildman–Crippen LogP) is 2.95. The standard InChI is InChI=1S/C10H15N/c1-8(2)11-7-3-4-10(11)9-5-6-9/h3-4,7-9H,5-6H2,1-2H3. The molecule has 0 unspecified atom stereocenters. The summed E-state index contributed by atoms with van der Waals surface area (Å²) < 4.78 is 2.39. The first-order chi connectivity index (χ1) is 5.29. The molecule has 0 aromatic carbocycles. The Hall–Kier alpha value is -0.720. The maximum atomic E-state index is 2.39. The molecule has 1 fully saturated rings. The zero-order chi connectivity index (χ0) is 7.84. The lowest BCUT2D eigenvalue weighted by Crippen LogP contribution is -2.02. The molecule has 0 aliphatic heterocycles. The maximum Gasteiger partial charge on any atom is 0.0276 e. The summed E-state index contributed by atoms with van der Waals surface area (Å²) in [5.41, 5.74) is 1.54. The zero-order valence-electron chi connectivity index (χ0n) is 7.25. The third kappa shape index (κ3) is 1.20. The normalized spacial score (nSPS) is 17.7. The smallest absolute Gasteiger partial charge is 0.0276 e. The minimum absolute atomic E-state index is 0.626. The Morgan fingerprint density at radius 1 is 1.45 bits per heavy atom. The summed E-state index contributed by atoms with van der Waals surface area (Å²) >= 11 is 0. The molecule has 0 amide bonds. The Balaban J connectivity index is 2.30. The Bertz CT molecular complexity index is 227. The van der Waals surface area contributed by atoms with Crippen molar-refractivity contribution in [2.45, 2.75) is 38.6 Å².